The van der Waals surface area contributed by atoms with Crippen LogP contribution in [0.3, 0.4) is 0 Å². The number of rotatable bonds is 2. The molecule has 0 bridgehead atoms. The van der Waals surface area contributed by atoms with Crippen LogP contribution in [0.25, 0.3) is 0 Å². The summed E-state index contributed by atoms with van der Waals surface area (Å²) in [4.78, 5) is 2.55. The summed E-state index contributed by atoms with van der Waals surface area (Å²) in [7, 11) is 0. The second-order valence-corrected chi connectivity index (χ2v) is 4.44. The Balaban J connectivity index is 2.01. The molecule has 3 nitrogen and oxygen atoms in total. The van der Waals surface area contributed by atoms with Gasteiger partial charge in [-0.2, -0.15) is 5.10 Å². The van der Waals surface area contributed by atoms with Crippen LogP contribution in [0.5, 0.6) is 0 Å². The number of hydrogen-bond donors (Lipinski definition) is 1. The predicted octanol–water partition coefficient (Wildman–Crippen LogP) is 2.00. The maximum Gasteiger partial charge on any atom is 0.0490 e. The molecule has 78 valence electrons. The van der Waals surface area contributed by atoms with Crippen molar-refractivity contribution in [2.45, 2.75) is 38.6 Å². The minimum absolute atomic E-state index is 0.661. The Morgan fingerprint density at radius 2 is 2.43 bits per heavy atom. The van der Waals surface area contributed by atoms with E-state index >= 15 is 0 Å². The minimum Gasteiger partial charge on any atom is -0.300 e. The molecule has 1 saturated heterocycles. The molecule has 0 saturated carbocycles. The largest absolute Gasteiger partial charge is 0.300 e. The highest BCUT2D eigenvalue weighted by molar-refractivity contribution is 5.07. The highest BCUT2D eigenvalue weighted by atomic mass is 15.2. The zero-order valence-electron chi connectivity index (χ0n) is 9.03. The molecule has 0 unspecified atom stereocenters. The van der Waals surface area contributed by atoms with Crippen molar-refractivity contribution in [3.05, 3.63) is 18.0 Å². The van der Waals surface area contributed by atoms with Crippen molar-refractivity contribution in [3.63, 3.8) is 0 Å². The molecular formula is C11H19N3. The molecule has 1 aromatic heterocycles. The van der Waals surface area contributed by atoms with Gasteiger partial charge < -0.3 is 4.90 Å². The maximum atomic E-state index is 4.02. The first-order chi connectivity index (χ1) is 6.77. The molecule has 1 aliphatic rings. The van der Waals surface area contributed by atoms with Gasteiger partial charge in [-0.05, 0) is 39.3 Å². The van der Waals surface area contributed by atoms with E-state index in [1.165, 1.54) is 31.6 Å². The normalized spacial score (nSPS) is 24.4. The van der Waals surface area contributed by atoms with Gasteiger partial charge in [-0.25, -0.2) is 0 Å². The van der Waals surface area contributed by atoms with E-state index in [1.807, 2.05) is 6.20 Å². The van der Waals surface area contributed by atoms with Gasteiger partial charge in [-0.1, -0.05) is 0 Å². The lowest BCUT2D eigenvalue weighted by Crippen LogP contribution is -2.39. The van der Waals surface area contributed by atoms with E-state index in [4.69, 9.17) is 0 Å². The standard InChI is InChI=1S/C11H19N3/c1-9(2)14-7-3-4-10(8-14)11-5-6-12-13-11/h5-6,9-10H,3-4,7-8H2,1-2H3,(H,12,13)/t10-/m0/s1. The number of H-pyrrole nitrogens is 1. The van der Waals surface area contributed by atoms with Crippen LogP contribution in [-0.4, -0.2) is 34.2 Å². The summed E-state index contributed by atoms with van der Waals surface area (Å²) in [6.45, 7) is 6.98. The fourth-order valence-electron chi connectivity index (χ4n) is 2.22. The number of aromatic amines is 1. The van der Waals surface area contributed by atoms with E-state index < -0.39 is 0 Å². The van der Waals surface area contributed by atoms with Crippen LogP contribution >= 0.6 is 0 Å². The van der Waals surface area contributed by atoms with Crippen molar-refractivity contribution in [1.82, 2.24) is 15.1 Å². The lowest BCUT2D eigenvalue weighted by atomic mass is 9.94. The second kappa shape index (κ2) is 4.13. The highest BCUT2D eigenvalue weighted by Gasteiger charge is 2.23. The number of likely N-dealkylation sites (tertiary alicyclic amines) is 1. The van der Waals surface area contributed by atoms with E-state index in [9.17, 15) is 0 Å². The van der Waals surface area contributed by atoms with Gasteiger partial charge in [0.05, 0.1) is 0 Å². The van der Waals surface area contributed by atoms with E-state index in [0.29, 0.717) is 12.0 Å². The summed E-state index contributed by atoms with van der Waals surface area (Å²) in [6, 6.07) is 2.77. The summed E-state index contributed by atoms with van der Waals surface area (Å²) in [5.41, 5.74) is 1.30. The van der Waals surface area contributed by atoms with E-state index in [2.05, 4.69) is 35.0 Å². The topological polar surface area (TPSA) is 31.9 Å². The van der Waals surface area contributed by atoms with E-state index in [1.54, 1.807) is 0 Å². The lowest BCUT2D eigenvalue weighted by Gasteiger charge is -2.34. The molecule has 1 aliphatic heterocycles. The van der Waals surface area contributed by atoms with Crippen LogP contribution in [0.4, 0.5) is 0 Å². The smallest absolute Gasteiger partial charge is 0.0490 e. The Bertz CT molecular complexity index is 266. The molecule has 0 aliphatic carbocycles. The van der Waals surface area contributed by atoms with Gasteiger partial charge in [0, 0.05) is 30.4 Å². The quantitative estimate of drug-likeness (QED) is 0.779. The molecule has 3 heteroatoms. The molecule has 14 heavy (non-hydrogen) atoms. The fourth-order valence-corrected chi connectivity index (χ4v) is 2.22. The molecule has 2 heterocycles. The number of piperidine rings is 1. The third-order valence-corrected chi connectivity index (χ3v) is 3.15. The summed E-state index contributed by atoms with van der Waals surface area (Å²) >= 11 is 0. The second-order valence-electron chi connectivity index (χ2n) is 4.44. The Kier molecular flexibility index (Phi) is 2.87. The third kappa shape index (κ3) is 1.98. The van der Waals surface area contributed by atoms with Gasteiger partial charge in [0.15, 0.2) is 0 Å². The fraction of sp³-hybridized carbons (Fsp3) is 0.727. The predicted molar refractivity (Wildman–Crippen MR) is 57.3 cm³/mol. The number of hydrogen-bond acceptors (Lipinski definition) is 2. The molecule has 0 amide bonds. The average molecular weight is 193 g/mol. The number of nitrogens with zero attached hydrogens (tertiary/aromatic N) is 2. The van der Waals surface area contributed by atoms with E-state index in [-0.39, 0.29) is 0 Å². The Morgan fingerprint density at radius 1 is 1.57 bits per heavy atom. The Labute approximate surface area is 85.5 Å². The van der Waals surface area contributed by atoms with Crippen molar-refractivity contribution in [3.8, 4) is 0 Å². The first-order valence-corrected chi connectivity index (χ1v) is 5.50. The van der Waals surface area contributed by atoms with E-state index in [0.717, 1.165) is 0 Å². The van der Waals surface area contributed by atoms with Gasteiger partial charge in [0.25, 0.3) is 0 Å². The van der Waals surface area contributed by atoms with Crippen molar-refractivity contribution in [2.75, 3.05) is 13.1 Å². The van der Waals surface area contributed by atoms with Crippen LogP contribution in [0.2, 0.25) is 0 Å². The molecule has 2 rings (SSSR count). The SMILES string of the molecule is CC(C)N1CCC[C@H](c2ccn[nH]2)C1. The van der Waals surface area contributed by atoms with Gasteiger partial charge in [0.1, 0.15) is 0 Å². The van der Waals surface area contributed by atoms with Gasteiger partial charge in [-0.15, -0.1) is 0 Å². The van der Waals surface area contributed by atoms with Crippen LogP contribution < -0.4 is 0 Å². The zero-order valence-corrected chi connectivity index (χ0v) is 9.03. The highest BCUT2D eigenvalue weighted by Crippen LogP contribution is 2.25. The van der Waals surface area contributed by atoms with Crippen LogP contribution in [0.1, 0.15) is 38.3 Å². The molecule has 1 aromatic rings. The van der Waals surface area contributed by atoms with Gasteiger partial charge in [-0.3, -0.25) is 5.10 Å². The van der Waals surface area contributed by atoms with Crippen molar-refractivity contribution >= 4 is 0 Å². The molecule has 1 N–H and O–H groups in total. The summed E-state index contributed by atoms with van der Waals surface area (Å²) < 4.78 is 0. The molecule has 1 fully saturated rings. The number of aromatic nitrogens is 2. The van der Waals surface area contributed by atoms with Crippen LogP contribution in [-0.2, 0) is 0 Å². The van der Waals surface area contributed by atoms with Crippen molar-refractivity contribution in [1.29, 1.82) is 0 Å². The van der Waals surface area contributed by atoms with Crippen molar-refractivity contribution in [2.24, 2.45) is 0 Å². The zero-order chi connectivity index (χ0) is 9.97. The van der Waals surface area contributed by atoms with Gasteiger partial charge >= 0.3 is 0 Å². The molecule has 0 spiro atoms. The van der Waals surface area contributed by atoms with Crippen LogP contribution in [0, 0.1) is 0 Å². The monoisotopic (exact) mass is 193 g/mol. The summed E-state index contributed by atoms with van der Waals surface area (Å²) in [5.74, 6) is 0.661. The summed E-state index contributed by atoms with van der Waals surface area (Å²) in [6.07, 6.45) is 4.46. The van der Waals surface area contributed by atoms with Gasteiger partial charge in [0.2, 0.25) is 0 Å². The van der Waals surface area contributed by atoms with Crippen LogP contribution in [0.15, 0.2) is 12.3 Å². The van der Waals surface area contributed by atoms with Crippen molar-refractivity contribution < 1.29 is 0 Å². The summed E-state index contributed by atoms with van der Waals surface area (Å²) in [5, 5.41) is 7.11. The molecule has 1 atom stereocenters. The maximum absolute atomic E-state index is 4.02. The Hall–Kier alpha value is -0.830. The average Bonchev–Trinajstić information content (AvgIpc) is 2.71. The first-order valence-electron chi connectivity index (χ1n) is 5.50. The third-order valence-electron chi connectivity index (χ3n) is 3.15. The molecule has 0 radical (unpaired) electrons. The number of nitrogens with one attached hydrogen (secondary N) is 1. The Morgan fingerprint density at radius 3 is 3.07 bits per heavy atom. The molecular weight excluding hydrogens is 174 g/mol. The molecule has 0 aromatic carbocycles. The first kappa shape index (κ1) is 9.71. The lowest BCUT2D eigenvalue weighted by molar-refractivity contribution is 0.166. The minimum atomic E-state index is 0.661.